The zero-order chi connectivity index (χ0) is 11.3. The number of ether oxygens (including phenoxy) is 2. The number of aliphatic hydroxyl groups excluding tert-OH is 1. The third-order valence-electron chi connectivity index (χ3n) is 2.55. The zero-order valence-corrected chi connectivity index (χ0v) is 9.13. The summed E-state index contributed by atoms with van der Waals surface area (Å²) in [5.74, 6) is 0. The van der Waals surface area contributed by atoms with Crippen molar-refractivity contribution < 1.29 is 14.6 Å². The van der Waals surface area contributed by atoms with Crippen LogP contribution in [0.3, 0.4) is 0 Å². The van der Waals surface area contributed by atoms with Crippen LogP contribution in [0.25, 0.3) is 6.08 Å². The molecule has 16 heavy (non-hydrogen) atoms. The average molecular weight is 220 g/mol. The third-order valence-corrected chi connectivity index (χ3v) is 2.55. The minimum atomic E-state index is -0.335. The van der Waals surface area contributed by atoms with E-state index in [1.165, 1.54) is 0 Å². The van der Waals surface area contributed by atoms with Crippen LogP contribution < -0.4 is 0 Å². The van der Waals surface area contributed by atoms with Gasteiger partial charge in [-0.25, -0.2) is 0 Å². The van der Waals surface area contributed by atoms with Gasteiger partial charge in [-0.3, -0.25) is 0 Å². The first-order valence-corrected chi connectivity index (χ1v) is 5.41. The van der Waals surface area contributed by atoms with Crippen molar-refractivity contribution in [3.05, 3.63) is 42.0 Å². The van der Waals surface area contributed by atoms with E-state index >= 15 is 0 Å². The molecular formula is C13H16O3. The Kier molecular flexibility index (Phi) is 3.72. The van der Waals surface area contributed by atoms with E-state index in [9.17, 15) is 0 Å². The van der Waals surface area contributed by atoms with Crippen molar-refractivity contribution in [1.29, 1.82) is 0 Å². The second-order valence-corrected chi connectivity index (χ2v) is 3.87. The number of hydrogen-bond donors (Lipinski definition) is 1. The molecule has 1 aromatic carbocycles. The Morgan fingerprint density at radius 2 is 2.06 bits per heavy atom. The Morgan fingerprint density at radius 1 is 1.31 bits per heavy atom. The van der Waals surface area contributed by atoms with E-state index in [0.29, 0.717) is 19.8 Å². The summed E-state index contributed by atoms with van der Waals surface area (Å²) in [5, 5.41) is 8.74. The first-order chi connectivity index (χ1) is 7.85. The second-order valence-electron chi connectivity index (χ2n) is 3.87. The maximum atomic E-state index is 8.74. The fourth-order valence-electron chi connectivity index (χ4n) is 1.59. The lowest BCUT2D eigenvalue weighted by Crippen LogP contribution is -2.50. The molecule has 0 bridgehead atoms. The van der Waals surface area contributed by atoms with Crippen LogP contribution in [0.1, 0.15) is 5.56 Å². The first-order valence-electron chi connectivity index (χ1n) is 5.41. The van der Waals surface area contributed by atoms with E-state index < -0.39 is 0 Å². The van der Waals surface area contributed by atoms with E-state index in [1.807, 2.05) is 42.5 Å². The molecule has 0 spiro atoms. The highest BCUT2D eigenvalue weighted by Gasteiger charge is 2.36. The molecule has 0 atom stereocenters. The molecule has 0 amide bonds. The highest BCUT2D eigenvalue weighted by atomic mass is 16.6. The molecule has 0 saturated carbocycles. The molecule has 1 heterocycles. The van der Waals surface area contributed by atoms with Crippen LogP contribution in [-0.2, 0) is 9.47 Å². The fourth-order valence-corrected chi connectivity index (χ4v) is 1.59. The van der Waals surface area contributed by atoms with Crippen LogP contribution in [0.2, 0.25) is 0 Å². The summed E-state index contributed by atoms with van der Waals surface area (Å²) in [5.41, 5.74) is 0.805. The van der Waals surface area contributed by atoms with Gasteiger partial charge in [-0.05, 0) is 11.6 Å². The minimum absolute atomic E-state index is 0.0426. The summed E-state index contributed by atoms with van der Waals surface area (Å²) in [6.07, 6.45) is 4.04. The van der Waals surface area contributed by atoms with Gasteiger partial charge in [0.2, 0.25) is 0 Å². The van der Waals surface area contributed by atoms with Crippen molar-refractivity contribution in [1.82, 2.24) is 0 Å². The topological polar surface area (TPSA) is 38.7 Å². The third kappa shape index (κ3) is 2.70. The largest absolute Gasteiger partial charge is 0.394 e. The van der Waals surface area contributed by atoms with Crippen molar-refractivity contribution in [2.75, 3.05) is 26.4 Å². The Labute approximate surface area is 95.3 Å². The van der Waals surface area contributed by atoms with Gasteiger partial charge in [0.25, 0.3) is 0 Å². The normalized spacial score (nSPS) is 18.6. The van der Waals surface area contributed by atoms with Gasteiger partial charge in [0.15, 0.2) is 0 Å². The molecule has 0 unspecified atom stereocenters. The molecule has 2 rings (SSSR count). The highest BCUT2D eigenvalue weighted by Crippen LogP contribution is 2.24. The standard InChI is InChI=1S/C13H16O3/c14-8-9-16-13(10-15-11-13)7-6-12-4-2-1-3-5-12/h1-7,14H,8-11H2/b7-6+. The molecule has 86 valence electrons. The van der Waals surface area contributed by atoms with Gasteiger partial charge in [0, 0.05) is 0 Å². The average Bonchev–Trinajstić information content (AvgIpc) is 2.29. The Morgan fingerprint density at radius 3 is 2.62 bits per heavy atom. The van der Waals surface area contributed by atoms with Crippen molar-refractivity contribution in [2.24, 2.45) is 0 Å². The van der Waals surface area contributed by atoms with Crippen LogP contribution in [0.5, 0.6) is 0 Å². The van der Waals surface area contributed by atoms with Crippen LogP contribution in [-0.4, -0.2) is 37.1 Å². The van der Waals surface area contributed by atoms with E-state index in [-0.39, 0.29) is 12.2 Å². The second kappa shape index (κ2) is 5.25. The molecule has 1 fully saturated rings. The molecule has 0 aromatic heterocycles. The summed E-state index contributed by atoms with van der Waals surface area (Å²) in [7, 11) is 0. The van der Waals surface area contributed by atoms with Crippen LogP contribution >= 0.6 is 0 Å². The summed E-state index contributed by atoms with van der Waals surface area (Å²) in [6, 6.07) is 10.1. The molecule has 0 radical (unpaired) electrons. The lowest BCUT2D eigenvalue weighted by molar-refractivity contribution is -0.183. The van der Waals surface area contributed by atoms with E-state index in [0.717, 1.165) is 5.56 Å². The van der Waals surface area contributed by atoms with Crippen molar-refractivity contribution in [2.45, 2.75) is 5.60 Å². The van der Waals surface area contributed by atoms with Crippen LogP contribution in [0.15, 0.2) is 36.4 Å². The molecule has 3 heteroatoms. The Bertz CT molecular complexity index is 341. The van der Waals surface area contributed by atoms with E-state index in [1.54, 1.807) is 0 Å². The SMILES string of the molecule is OCCOC1(/C=C/c2ccccc2)COC1. The monoisotopic (exact) mass is 220 g/mol. The zero-order valence-electron chi connectivity index (χ0n) is 9.13. The molecule has 3 nitrogen and oxygen atoms in total. The van der Waals surface area contributed by atoms with Crippen LogP contribution in [0.4, 0.5) is 0 Å². The summed E-state index contributed by atoms with van der Waals surface area (Å²) >= 11 is 0. The first kappa shape index (κ1) is 11.3. The maximum absolute atomic E-state index is 8.74. The van der Waals surface area contributed by atoms with Gasteiger partial charge in [0.1, 0.15) is 5.60 Å². The van der Waals surface area contributed by atoms with Crippen molar-refractivity contribution in [3.8, 4) is 0 Å². The molecule has 1 aliphatic heterocycles. The summed E-state index contributed by atoms with van der Waals surface area (Å²) < 4.78 is 10.7. The smallest absolute Gasteiger partial charge is 0.133 e. The predicted molar refractivity (Wildman–Crippen MR) is 62.1 cm³/mol. The van der Waals surface area contributed by atoms with Gasteiger partial charge in [-0.15, -0.1) is 0 Å². The Balaban J connectivity index is 1.98. The van der Waals surface area contributed by atoms with Gasteiger partial charge >= 0.3 is 0 Å². The number of aliphatic hydroxyl groups is 1. The molecule has 0 aliphatic carbocycles. The predicted octanol–water partition coefficient (Wildman–Crippen LogP) is 1.48. The van der Waals surface area contributed by atoms with Crippen molar-refractivity contribution in [3.63, 3.8) is 0 Å². The van der Waals surface area contributed by atoms with Crippen molar-refractivity contribution >= 4 is 6.08 Å². The Hall–Kier alpha value is -1.16. The van der Waals surface area contributed by atoms with E-state index in [4.69, 9.17) is 14.6 Å². The van der Waals surface area contributed by atoms with E-state index in [2.05, 4.69) is 0 Å². The summed E-state index contributed by atoms with van der Waals surface area (Å²) in [4.78, 5) is 0. The number of hydrogen-bond acceptors (Lipinski definition) is 3. The highest BCUT2D eigenvalue weighted by molar-refractivity contribution is 5.50. The molecular weight excluding hydrogens is 204 g/mol. The van der Waals surface area contributed by atoms with Gasteiger partial charge in [-0.1, -0.05) is 36.4 Å². The lowest BCUT2D eigenvalue weighted by atomic mass is 10.00. The van der Waals surface area contributed by atoms with Gasteiger partial charge in [0.05, 0.1) is 26.4 Å². The molecule has 1 aromatic rings. The number of benzene rings is 1. The van der Waals surface area contributed by atoms with Gasteiger partial charge < -0.3 is 14.6 Å². The summed E-state index contributed by atoms with van der Waals surface area (Å²) in [6.45, 7) is 1.52. The molecule has 1 saturated heterocycles. The molecule has 1 aliphatic rings. The van der Waals surface area contributed by atoms with Gasteiger partial charge in [-0.2, -0.15) is 0 Å². The maximum Gasteiger partial charge on any atom is 0.133 e. The minimum Gasteiger partial charge on any atom is -0.394 e. The van der Waals surface area contributed by atoms with Crippen LogP contribution in [0, 0.1) is 0 Å². The fraction of sp³-hybridized carbons (Fsp3) is 0.385. The lowest BCUT2D eigenvalue weighted by Gasteiger charge is -2.38. The quantitative estimate of drug-likeness (QED) is 0.816. The molecule has 1 N–H and O–H groups in total. The number of rotatable bonds is 5.